The van der Waals surface area contributed by atoms with Crippen LogP contribution in [0, 0.1) is 0 Å². The standard InChI is InChI=1S/C7H6N4O2/c1-3(12)4-5-6(9-2-8-4)7(13)11-10-5/h2H,1H3,(H2,10,11,13). The molecule has 2 rings (SSSR count). The molecule has 0 atom stereocenters. The molecule has 2 N–H and O–H groups in total. The van der Waals surface area contributed by atoms with E-state index in [1.807, 2.05) is 0 Å². The quantitative estimate of drug-likeness (QED) is 0.594. The maximum Gasteiger partial charge on any atom is 0.290 e. The third-order valence-electron chi connectivity index (χ3n) is 1.70. The molecule has 66 valence electrons. The first-order chi connectivity index (χ1) is 6.20. The van der Waals surface area contributed by atoms with Gasteiger partial charge in [-0.1, -0.05) is 0 Å². The summed E-state index contributed by atoms with van der Waals surface area (Å²) in [6.07, 6.45) is 1.20. The second-order valence-corrected chi connectivity index (χ2v) is 2.58. The number of Topliss-reactive ketones (excluding diaryl/α,β-unsaturated/α-hetero) is 1. The molecule has 0 unspecified atom stereocenters. The summed E-state index contributed by atoms with van der Waals surface area (Å²) in [6.45, 7) is 1.38. The number of nitrogens with zero attached hydrogens (tertiary/aromatic N) is 2. The number of carbonyl (C=O) groups excluding carboxylic acids is 1. The highest BCUT2D eigenvalue weighted by Gasteiger charge is 2.11. The number of H-pyrrole nitrogens is 2. The number of hydrogen-bond donors (Lipinski definition) is 2. The van der Waals surface area contributed by atoms with Crippen LogP contribution in [0.4, 0.5) is 0 Å². The van der Waals surface area contributed by atoms with Gasteiger partial charge in [-0.3, -0.25) is 19.8 Å². The molecule has 0 aliphatic heterocycles. The molecule has 6 nitrogen and oxygen atoms in total. The van der Waals surface area contributed by atoms with Crippen LogP contribution >= 0.6 is 0 Å². The van der Waals surface area contributed by atoms with Gasteiger partial charge in [0, 0.05) is 6.92 Å². The summed E-state index contributed by atoms with van der Waals surface area (Å²) < 4.78 is 0. The molecule has 2 aromatic rings. The van der Waals surface area contributed by atoms with Crippen molar-refractivity contribution >= 4 is 16.8 Å². The molecule has 0 amide bonds. The molecule has 0 radical (unpaired) electrons. The Labute approximate surface area is 72.0 Å². The number of nitrogens with one attached hydrogen (secondary N) is 2. The van der Waals surface area contributed by atoms with Crippen molar-refractivity contribution in [1.29, 1.82) is 0 Å². The molecule has 0 saturated carbocycles. The van der Waals surface area contributed by atoms with Crippen molar-refractivity contribution < 1.29 is 4.79 Å². The van der Waals surface area contributed by atoms with E-state index >= 15 is 0 Å². The largest absolute Gasteiger partial charge is 0.294 e. The number of rotatable bonds is 1. The molecule has 0 spiro atoms. The average molecular weight is 178 g/mol. The minimum atomic E-state index is -0.347. The second-order valence-electron chi connectivity index (χ2n) is 2.58. The predicted molar refractivity (Wildman–Crippen MR) is 44.5 cm³/mol. The molecule has 0 saturated heterocycles. The van der Waals surface area contributed by atoms with Crippen LogP contribution in [0.15, 0.2) is 11.1 Å². The Balaban J connectivity index is 2.92. The first-order valence-corrected chi connectivity index (χ1v) is 3.62. The Kier molecular flexibility index (Phi) is 1.48. The summed E-state index contributed by atoms with van der Waals surface area (Å²) in [5.41, 5.74) is 0.448. The van der Waals surface area contributed by atoms with Gasteiger partial charge in [0.1, 0.15) is 17.5 Å². The van der Waals surface area contributed by atoms with E-state index in [0.29, 0.717) is 5.52 Å². The first kappa shape index (κ1) is 7.66. The van der Waals surface area contributed by atoms with Crippen molar-refractivity contribution in [1.82, 2.24) is 20.2 Å². The fraction of sp³-hybridized carbons (Fsp3) is 0.143. The molecule has 0 aliphatic rings. The topological polar surface area (TPSA) is 91.5 Å². The van der Waals surface area contributed by atoms with Crippen LogP contribution in [0.2, 0.25) is 0 Å². The van der Waals surface area contributed by atoms with Crippen molar-refractivity contribution in [3.8, 4) is 0 Å². The molecule has 6 heteroatoms. The van der Waals surface area contributed by atoms with Crippen molar-refractivity contribution in [2.75, 3.05) is 0 Å². The lowest BCUT2D eigenvalue weighted by Gasteiger charge is -1.93. The van der Waals surface area contributed by atoms with Gasteiger partial charge in [0.25, 0.3) is 5.56 Å². The second kappa shape index (κ2) is 2.51. The number of fused-ring (bicyclic) bond motifs is 1. The third-order valence-corrected chi connectivity index (χ3v) is 1.70. The number of hydrogen-bond acceptors (Lipinski definition) is 4. The maximum absolute atomic E-state index is 11.1. The Morgan fingerprint density at radius 1 is 1.38 bits per heavy atom. The van der Waals surface area contributed by atoms with Gasteiger partial charge in [-0.15, -0.1) is 0 Å². The Morgan fingerprint density at radius 2 is 2.15 bits per heavy atom. The van der Waals surface area contributed by atoms with Crippen LogP contribution in [0.1, 0.15) is 17.4 Å². The molecule has 13 heavy (non-hydrogen) atoms. The summed E-state index contributed by atoms with van der Waals surface area (Å²) in [5, 5.41) is 4.89. The van der Waals surface area contributed by atoms with Crippen molar-refractivity contribution in [3.05, 3.63) is 22.4 Å². The predicted octanol–water partition coefficient (Wildman–Crippen LogP) is -0.151. The summed E-state index contributed by atoms with van der Waals surface area (Å²) in [6, 6.07) is 0. The molecular formula is C7H6N4O2. The fourth-order valence-electron chi connectivity index (χ4n) is 1.12. The molecule has 0 aliphatic carbocycles. The first-order valence-electron chi connectivity index (χ1n) is 3.62. The van der Waals surface area contributed by atoms with Gasteiger partial charge in [-0.05, 0) is 0 Å². The zero-order valence-electron chi connectivity index (χ0n) is 6.79. The molecule has 0 fully saturated rings. The summed E-state index contributed by atoms with van der Waals surface area (Å²) in [5.74, 6) is -0.206. The Bertz CT molecular complexity index is 525. The van der Waals surface area contributed by atoms with Crippen LogP contribution < -0.4 is 5.56 Å². The lowest BCUT2D eigenvalue weighted by atomic mass is 10.2. The van der Waals surface area contributed by atoms with Gasteiger partial charge in [0.15, 0.2) is 11.3 Å². The zero-order valence-corrected chi connectivity index (χ0v) is 6.79. The summed E-state index contributed by atoms with van der Waals surface area (Å²) in [7, 11) is 0. The Morgan fingerprint density at radius 3 is 2.85 bits per heavy atom. The lowest BCUT2D eigenvalue weighted by Crippen LogP contribution is -2.02. The van der Waals surface area contributed by atoms with Gasteiger partial charge in [-0.2, -0.15) is 0 Å². The van der Waals surface area contributed by atoms with Crippen LogP contribution in [0.5, 0.6) is 0 Å². The van der Waals surface area contributed by atoms with E-state index in [2.05, 4.69) is 20.2 Å². The minimum Gasteiger partial charge on any atom is -0.294 e. The van der Waals surface area contributed by atoms with E-state index < -0.39 is 0 Å². The number of aromatic nitrogens is 4. The van der Waals surface area contributed by atoms with E-state index in [4.69, 9.17) is 0 Å². The van der Waals surface area contributed by atoms with E-state index in [1.165, 1.54) is 13.3 Å². The van der Waals surface area contributed by atoms with E-state index in [-0.39, 0.29) is 22.6 Å². The molecule has 2 heterocycles. The fourth-order valence-corrected chi connectivity index (χ4v) is 1.12. The van der Waals surface area contributed by atoms with Crippen LogP contribution in [0.3, 0.4) is 0 Å². The van der Waals surface area contributed by atoms with Gasteiger partial charge >= 0.3 is 0 Å². The number of carbonyl (C=O) groups is 1. The molecule has 2 aromatic heterocycles. The molecule has 0 bridgehead atoms. The van der Waals surface area contributed by atoms with Crippen LogP contribution in [-0.4, -0.2) is 25.9 Å². The van der Waals surface area contributed by atoms with E-state index in [1.54, 1.807) is 0 Å². The highest BCUT2D eigenvalue weighted by atomic mass is 16.1. The Hall–Kier alpha value is -1.98. The van der Waals surface area contributed by atoms with Gasteiger partial charge in [0.2, 0.25) is 0 Å². The number of aromatic amines is 2. The van der Waals surface area contributed by atoms with E-state index in [9.17, 15) is 9.59 Å². The van der Waals surface area contributed by atoms with Gasteiger partial charge in [0.05, 0.1) is 0 Å². The summed E-state index contributed by atoms with van der Waals surface area (Å²) in [4.78, 5) is 29.6. The lowest BCUT2D eigenvalue weighted by molar-refractivity contribution is 0.101. The molecule has 0 aromatic carbocycles. The minimum absolute atomic E-state index is 0.206. The molecular weight excluding hydrogens is 172 g/mol. The third kappa shape index (κ3) is 1.03. The van der Waals surface area contributed by atoms with Gasteiger partial charge < -0.3 is 0 Å². The maximum atomic E-state index is 11.1. The monoisotopic (exact) mass is 178 g/mol. The van der Waals surface area contributed by atoms with Crippen molar-refractivity contribution in [2.24, 2.45) is 0 Å². The van der Waals surface area contributed by atoms with Crippen LogP contribution in [-0.2, 0) is 0 Å². The van der Waals surface area contributed by atoms with Gasteiger partial charge in [-0.25, -0.2) is 9.97 Å². The van der Waals surface area contributed by atoms with Crippen molar-refractivity contribution in [2.45, 2.75) is 6.92 Å². The zero-order chi connectivity index (χ0) is 9.42. The van der Waals surface area contributed by atoms with E-state index in [0.717, 1.165) is 0 Å². The number of ketones is 1. The highest BCUT2D eigenvalue weighted by molar-refractivity contribution is 6.02. The van der Waals surface area contributed by atoms with Crippen LogP contribution in [0.25, 0.3) is 11.0 Å². The summed E-state index contributed by atoms with van der Waals surface area (Å²) >= 11 is 0. The average Bonchev–Trinajstić information content (AvgIpc) is 2.48. The normalized spacial score (nSPS) is 10.5. The van der Waals surface area contributed by atoms with Crippen molar-refractivity contribution in [3.63, 3.8) is 0 Å². The highest BCUT2D eigenvalue weighted by Crippen LogP contribution is 2.06. The smallest absolute Gasteiger partial charge is 0.290 e. The SMILES string of the molecule is CC(=O)c1ncnc2c(=O)[nH][nH]c12.